The summed E-state index contributed by atoms with van der Waals surface area (Å²) in [6.07, 6.45) is 1.73. The molecular formula is C13H14N6O3S. The molecule has 0 aliphatic carbocycles. The monoisotopic (exact) mass is 334 g/mol. The summed E-state index contributed by atoms with van der Waals surface area (Å²) in [5.74, 6) is -0.332. The van der Waals surface area contributed by atoms with Gasteiger partial charge >= 0.3 is 12.0 Å². The van der Waals surface area contributed by atoms with Gasteiger partial charge in [-0.1, -0.05) is 10.6 Å². The first-order valence-electron chi connectivity index (χ1n) is 6.92. The van der Waals surface area contributed by atoms with E-state index in [4.69, 9.17) is 5.11 Å². The van der Waals surface area contributed by atoms with E-state index in [0.717, 1.165) is 17.4 Å². The van der Waals surface area contributed by atoms with Gasteiger partial charge in [0.2, 0.25) is 5.69 Å². The summed E-state index contributed by atoms with van der Waals surface area (Å²) in [5, 5.41) is 15.2. The molecule has 0 saturated carbocycles. The number of aromatic carboxylic acids is 1. The topological polar surface area (TPSA) is 112 Å². The first-order chi connectivity index (χ1) is 11.1. The maximum Gasteiger partial charge on any atom is 0.359 e. The van der Waals surface area contributed by atoms with E-state index in [9.17, 15) is 9.59 Å². The van der Waals surface area contributed by atoms with Gasteiger partial charge in [-0.15, -0.1) is 5.10 Å². The van der Waals surface area contributed by atoms with Gasteiger partial charge in [0.1, 0.15) is 5.82 Å². The highest BCUT2D eigenvalue weighted by molar-refractivity contribution is 7.10. The van der Waals surface area contributed by atoms with Crippen molar-refractivity contribution in [3.05, 3.63) is 30.1 Å². The molecule has 23 heavy (non-hydrogen) atoms. The number of carboxylic acids is 1. The maximum absolute atomic E-state index is 12.2. The van der Waals surface area contributed by atoms with Gasteiger partial charge < -0.3 is 14.9 Å². The molecule has 1 aliphatic rings. The van der Waals surface area contributed by atoms with Gasteiger partial charge in [-0.25, -0.2) is 14.6 Å². The smallest absolute Gasteiger partial charge is 0.359 e. The number of carbonyl (C=O) groups is 2. The Balaban J connectivity index is 1.58. The summed E-state index contributed by atoms with van der Waals surface area (Å²) >= 11 is 0.847. The number of carbonyl (C=O) groups excluding carboxylic acids is 1. The SMILES string of the molecule is O=C(O)c1nnsc1NC(=O)N1CCN(c2ccccn2)CC1. The first-order valence-corrected chi connectivity index (χ1v) is 7.70. The Morgan fingerprint density at radius 2 is 2.00 bits per heavy atom. The van der Waals surface area contributed by atoms with Crippen LogP contribution in [0.25, 0.3) is 0 Å². The van der Waals surface area contributed by atoms with Crippen LogP contribution in [0.15, 0.2) is 24.4 Å². The third kappa shape index (κ3) is 3.37. The van der Waals surface area contributed by atoms with Crippen LogP contribution in [0.1, 0.15) is 10.5 Å². The molecule has 0 unspecified atom stereocenters. The Bertz CT molecular complexity index is 699. The van der Waals surface area contributed by atoms with Gasteiger partial charge in [0, 0.05) is 43.9 Å². The quantitative estimate of drug-likeness (QED) is 0.860. The molecule has 2 amide bonds. The number of urea groups is 1. The van der Waals surface area contributed by atoms with Gasteiger partial charge in [-0.3, -0.25) is 5.32 Å². The zero-order chi connectivity index (χ0) is 16.2. The van der Waals surface area contributed by atoms with Crippen LogP contribution in [0.3, 0.4) is 0 Å². The molecule has 2 N–H and O–H groups in total. The summed E-state index contributed by atoms with van der Waals surface area (Å²) in [6, 6.07) is 5.36. The molecule has 1 fully saturated rings. The van der Waals surface area contributed by atoms with E-state index in [2.05, 4.69) is 24.8 Å². The molecule has 2 aromatic heterocycles. The zero-order valence-corrected chi connectivity index (χ0v) is 12.9. The Morgan fingerprint density at radius 3 is 2.65 bits per heavy atom. The third-order valence-corrected chi connectivity index (χ3v) is 4.09. The molecule has 10 heteroatoms. The number of carboxylic acid groups (broad SMARTS) is 1. The molecule has 3 heterocycles. The van der Waals surface area contributed by atoms with Crippen LogP contribution < -0.4 is 10.2 Å². The Kier molecular flexibility index (Phi) is 4.33. The number of piperazine rings is 1. The lowest BCUT2D eigenvalue weighted by Crippen LogP contribution is -2.50. The summed E-state index contributed by atoms with van der Waals surface area (Å²) in [4.78, 5) is 31.2. The summed E-state index contributed by atoms with van der Waals surface area (Å²) in [7, 11) is 0. The number of hydrogen-bond donors (Lipinski definition) is 2. The standard InChI is InChI=1S/C13H14N6O3S/c20-12(21)10-11(23-17-16-10)15-13(22)19-7-5-18(6-8-19)9-3-1-2-4-14-9/h1-4H,5-8H2,(H,15,22)(H,20,21). The minimum atomic E-state index is -1.21. The molecule has 0 aromatic carbocycles. The normalized spacial score (nSPS) is 14.6. The molecule has 3 rings (SSSR count). The fourth-order valence-corrected chi connectivity index (χ4v) is 2.82. The molecular weight excluding hydrogens is 320 g/mol. The first kappa shape index (κ1) is 15.2. The predicted octanol–water partition coefficient (Wildman–Crippen LogP) is 0.985. The highest BCUT2D eigenvalue weighted by atomic mass is 32.1. The van der Waals surface area contributed by atoms with E-state index in [1.807, 2.05) is 18.2 Å². The number of anilines is 2. The highest BCUT2D eigenvalue weighted by Gasteiger charge is 2.24. The minimum Gasteiger partial charge on any atom is -0.476 e. The zero-order valence-electron chi connectivity index (χ0n) is 12.0. The molecule has 9 nitrogen and oxygen atoms in total. The molecule has 1 saturated heterocycles. The molecule has 1 aliphatic heterocycles. The number of pyridine rings is 1. The minimum absolute atomic E-state index is 0.148. The van der Waals surface area contributed by atoms with Crippen LogP contribution in [-0.2, 0) is 0 Å². The molecule has 120 valence electrons. The lowest BCUT2D eigenvalue weighted by molar-refractivity contribution is 0.0691. The van der Waals surface area contributed by atoms with Crippen LogP contribution in [0, 0.1) is 0 Å². The lowest BCUT2D eigenvalue weighted by Gasteiger charge is -2.35. The number of amides is 2. The molecule has 2 aromatic rings. The Morgan fingerprint density at radius 1 is 1.22 bits per heavy atom. The third-order valence-electron chi connectivity index (χ3n) is 3.45. The van der Waals surface area contributed by atoms with Crippen molar-refractivity contribution in [1.29, 1.82) is 0 Å². The summed E-state index contributed by atoms with van der Waals surface area (Å²) in [5.41, 5.74) is -0.240. The van der Waals surface area contributed by atoms with Crippen molar-refractivity contribution in [3.8, 4) is 0 Å². The summed E-state index contributed by atoms with van der Waals surface area (Å²) < 4.78 is 3.55. The van der Waals surface area contributed by atoms with Gasteiger partial charge in [0.25, 0.3) is 0 Å². The van der Waals surface area contributed by atoms with Crippen molar-refractivity contribution in [2.24, 2.45) is 0 Å². The number of nitrogens with zero attached hydrogens (tertiary/aromatic N) is 5. The number of aromatic nitrogens is 3. The fraction of sp³-hybridized carbons (Fsp3) is 0.308. The fourth-order valence-electron chi connectivity index (χ4n) is 2.27. The molecule has 0 spiro atoms. The largest absolute Gasteiger partial charge is 0.476 e. The van der Waals surface area contributed by atoms with Crippen molar-refractivity contribution in [1.82, 2.24) is 19.5 Å². The van der Waals surface area contributed by atoms with Crippen molar-refractivity contribution in [2.75, 3.05) is 36.4 Å². The van der Waals surface area contributed by atoms with Gasteiger partial charge in [0.05, 0.1) is 0 Å². The lowest BCUT2D eigenvalue weighted by atomic mass is 10.3. The van der Waals surface area contributed by atoms with E-state index < -0.39 is 5.97 Å². The van der Waals surface area contributed by atoms with Crippen LogP contribution in [0.5, 0.6) is 0 Å². The molecule has 0 radical (unpaired) electrons. The highest BCUT2D eigenvalue weighted by Crippen LogP contribution is 2.19. The van der Waals surface area contributed by atoms with E-state index in [0.29, 0.717) is 26.2 Å². The molecule has 0 bridgehead atoms. The van der Waals surface area contributed by atoms with Crippen LogP contribution in [0.2, 0.25) is 0 Å². The average Bonchev–Trinajstić information content (AvgIpc) is 3.04. The van der Waals surface area contributed by atoms with Gasteiger partial charge in [-0.2, -0.15) is 0 Å². The predicted molar refractivity (Wildman–Crippen MR) is 83.9 cm³/mol. The second-order valence-corrected chi connectivity index (χ2v) is 5.60. The van der Waals surface area contributed by atoms with Crippen molar-refractivity contribution in [3.63, 3.8) is 0 Å². The van der Waals surface area contributed by atoms with Crippen LogP contribution >= 0.6 is 11.5 Å². The summed E-state index contributed by atoms with van der Waals surface area (Å²) in [6.45, 7) is 2.38. The molecule has 0 atom stereocenters. The van der Waals surface area contributed by atoms with Gasteiger partial charge in [0.15, 0.2) is 5.00 Å². The Hall–Kier alpha value is -2.75. The number of nitrogens with one attached hydrogen (secondary N) is 1. The number of hydrogen-bond acceptors (Lipinski definition) is 7. The Labute approximate surface area is 135 Å². The van der Waals surface area contributed by atoms with Crippen LogP contribution in [0.4, 0.5) is 15.6 Å². The average molecular weight is 334 g/mol. The second-order valence-electron chi connectivity index (χ2n) is 4.85. The van der Waals surface area contributed by atoms with Gasteiger partial charge in [-0.05, 0) is 12.1 Å². The maximum atomic E-state index is 12.2. The van der Waals surface area contributed by atoms with E-state index in [-0.39, 0.29) is 16.7 Å². The van der Waals surface area contributed by atoms with E-state index in [1.165, 1.54) is 0 Å². The van der Waals surface area contributed by atoms with Crippen LogP contribution in [-0.4, -0.2) is 62.8 Å². The second kappa shape index (κ2) is 6.57. The number of rotatable bonds is 3. The van der Waals surface area contributed by atoms with E-state index >= 15 is 0 Å². The van der Waals surface area contributed by atoms with E-state index in [1.54, 1.807) is 11.1 Å². The van der Waals surface area contributed by atoms with Crippen molar-refractivity contribution >= 4 is 34.4 Å². The van der Waals surface area contributed by atoms with Crippen molar-refractivity contribution in [2.45, 2.75) is 0 Å². The van der Waals surface area contributed by atoms with Crippen molar-refractivity contribution < 1.29 is 14.7 Å².